The lowest BCUT2D eigenvalue weighted by atomic mass is 10.1. The highest BCUT2D eigenvalue weighted by molar-refractivity contribution is 6.68. The number of benzene rings is 2. The van der Waals surface area contributed by atoms with Crippen LogP contribution in [0.2, 0.25) is 0 Å². The van der Waals surface area contributed by atoms with E-state index >= 15 is 0 Å². The molecule has 0 radical (unpaired) electrons. The van der Waals surface area contributed by atoms with E-state index in [1.54, 1.807) is 42.5 Å². The lowest BCUT2D eigenvalue weighted by Crippen LogP contribution is -1.92. The third-order valence-corrected chi connectivity index (χ3v) is 3.19. The topological polar surface area (TPSA) is 34.1 Å². The molecule has 0 saturated heterocycles. The minimum Gasteiger partial charge on any atom is -0.276 e. The fraction of sp³-hybridized carbons (Fsp3) is 0. The van der Waals surface area contributed by atoms with E-state index in [0.717, 1.165) is 11.1 Å². The van der Waals surface area contributed by atoms with Crippen LogP contribution in [0.5, 0.6) is 0 Å². The van der Waals surface area contributed by atoms with Gasteiger partial charge >= 0.3 is 0 Å². The Morgan fingerprint density at radius 3 is 2.05 bits per heavy atom. The molecule has 0 aliphatic rings. The first-order chi connectivity index (χ1) is 9.58. The molecule has 0 aliphatic carbocycles. The van der Waals surface area contributed by atoms with Gasteiger partial charge in [0.05, 0.1) is 0 Å². The first kappa shape index (κ1) is 14.5. The summed E-state index contributed by atoms with van der Waals surface area (Å²) in [6.07, 6.45) is 3.63. The van der Waals surface area contributed by atoms with Crippen molar-refractivity contribution in [1.29, 1.82) is 0 Å². The van der Waals surface area contributed by atoms with Crippen molar-refractivity contribution in [3.05, 3.63) is 70.8 Å². The zero-order valence-corrected chi connectivity index (χ0v) is 11.9. The fourth-order valence-electron chi connectivity index (χ4n) is 1.73. The molecule has 0 aromatic heterocycles. The fourth-order valence-corrected chi connectivity index (χ4v) is 2.03. The molecule has 0 N–H and O–H groups in total. The third kappa shape index (κ3) is 3.56. The van der Waals surface area contributed by atoms with Crippen LogP contribution in [0.4, 0.5) is 0 Å². The second-order valence-electron chi connectivity index (χ2n) is 4.09. The van der Waals surface area contributed by atoms with Gasteiger partial charge in [-0.1, -0.05) is 42.5 Å². The molecule has 4 heteroatoms. The number of rotatable bonds is 4. The molecule has 100 valence electrons. The van der Waals surface area contributed by atoms with Crippen LogP contribution in [0.25, 0.3) is 12.2 Å². The van der Waals surface area contributed by atoms with Crippen LogP contribution in [-0.4, -0.2) is 10.5 Å². The maximum absolute atomic E-state index is 11.3. The highest BCUT2D eigenvalue weighted by Gasteiger charge is 2.05. The monoisotopic (exact) mass is 304 g/mol. The van der Waals surface area contributed by atoms with Crippen molar-refractivity contribution >= 4 is 45.8 Å². The normalized spacial score (nSPS) is 10.7. The van der Waals surface area contributed by atoms with E-state index in [1.807, 2.05) is 18.2 Å². The summed E-state index contributed by atoms with van der Waals surface area (Å²) in [5.74, 6) is 0. The van der Waals surface area contributed by atoms with Gasteiger partial charge in [0.15, 0.2) is 0 Å². The molecule has 0 bridgehead atoms. The molecule has 0 fully saturated rings. The van der Waals surface area contributed by atoms with Crippen LogP contribution < -0.4 is 0 Å². The van der Waals surface area contributed by atoms with Crippen molar-refractivity contribution in [2.24, 2.45) is 0 Å². The summed E-state index contributed by atoms with van der Waals surface area (Å²) < 4.78 is 0. The predicted molar refractivity (Wildman–Crippen MR) is 82.2 cm³/mol. The Kier molecular flexibility index (Phi) is 4.72. The minimum atomic E-state index is -0.492. The second-order valence-corrected chi connectivity index (χ2v) is 4.78. The smallest absolute Gasteiger partial charge is 0.252 e. The zero-order chi connectivity index (χ0) is 14.5. The summed E-state index contributed by atoms with van der Waals surface area (Å²) in [5, 5.41) is -0.980. The molecule has 2 aromatic rings. The molecule has 0 amide bonds. The lowest BCUT2D eigenvalue weighted by Gasteiger charge is -2.00. The van der Waals surface area contributed by atoms with Gasteiger partial charge in [-0.3, -0.25) is 9.59 Å². The minimum absolute atomic E-state index is 0.445. The van der Waals surface area contributed by atoms with Crippen LogP contribution in [0.15, 0.2) is 48.5 Å². The van der Waals surface area contributed by atoms with E-state index < -0.39 is 10.5 Å². The summed E-state index contributed by atoms with van der Waals surface area (Å²) in [6, 6.07) is 13.9. The molecule has 2 rings (SSSR count). The van der Waals surface area contributed by atoms with Crippen LogP contribution >= 0.6 is 23.2 Å². The van der Waals surface area contributed by atoms with Crippen LogP contribution in [0.3, 0.4) is 0 Å². The molecule has 20 heavy (non-hydrogen) atoms. The summed E-state index contributed by atoms with van der Waals surface area (Å²) in [6.45, 7) is 0. The summed E-state index contributed by atoms with van der Waals surface area (Å²) in [4.78, 5) is 22.2. The largest absolute Gasteiger partial charge is 0.276 e. The maximum atomic E-state index is 11.3. The van der Waals surface area contributed by atoms with E-state index in [2.05, 4.69) is 0 Å². The van der Waals surface area contributed by atoms with Crippen molar-refractivity contribution < 1.29 is 9.59 Å². The van der Waals surface area contributed by atoms with E-state index in [-0.39, 0.29) is 0 Å². The quantitative estimate of drug-likeness (QED) is 0.610. The SMILES string of the molecule is O=C(Cl)c1ccc(C=Cc2ccccc2C(=O)Cl)cc1. The van der Waals surface area contributed by atoms with E-state index in [4.69, 9.17) is 23.2 Å². The summed E-state index contributed by atoms with van der Waals surface area (Å²) in [7, 11) is 0. The zero-order valence-electron chi connectivity index (χ0n) is 10.3. The van der Waals surface area contributed by atoms with Gasteiger partial charge in [-0.05, 0) is 52.5 Å². The van der Waals surface area contributed by atoms with Gasteiger partial charge in [0.2, 0.25) is 0 Å². The highest BCUT2D eigenvalue weighted by Crippen LogP contribution is 2.16. The van der Waals surface area contributed by atoms with Crippen LogP contribution in [0, 0.1) is 0 Å². The Hall–Kier alpha value is -1.90. The van der Waals surface area contributed by atoms with E-state index in [0.29, 0.717) is 11.1 Å². The molecule has 0 saturated carbocycles. The number of hydrogen-bond acceptors (Lipinski definition) is 2. The molecule has 0 unspecified atom stereocenters. The molecule has 0 atom stereocenters. The van der Waals surface area contributed by atoms with Gasteiger partial charge in [0, 0.05) is 11.1 Å². The first-order valence-electron chi connectivity index (χ1n) is 5.85. The lowest BCUT2D eigenvalue weighted by molar-refractivity contribution is 0.107. The summed E-state index contributed by atoms with van der Waals surface area (Å²) in [5.41, 5.74) is 2.53. The van der Waals surface area contributed by atoms with E-state index in [1.165, 1.54) is 0 Å². The van der Waals surface area contributed by atoms with Crippen molar-refractivity contribution in [3.8, 4) is 0 Å². The van der Waals surface area contributed by atoms with Gasteiger partial charge in [-0.15, -0.1) is 0 Å². The maximum Gasteiger partial charge on any atom is 0.252 e. The highest BCUT2D eigenvalue weighted by atomic mass is 35.5. The Bertz CT molecular complexity index is 673. The Balaban J connectivity index is 2.25. The number of hydrogen-bond donors (Lipinski definition) is 0. The first-order valence-corrected chi connectivity index (χ1v) is 6.60. The van der Waals surface area contributed by atoms with Gasteiger partial charge < -0.3 is 0 Å². The molecule has 0 spiro atoms. The average Bonchev–Trinajstić information content (AvgIpc) is 2.45. The van der Waals surface area contributed by atoms with E-state index in [9.17, 15) is 9.59 Å². The van der Waals surface area contributed by atoms with Crippen LogP contribution in [0.1, 0.15) is 31.8 Å². The predicted octanol–water partition coefficient (Wildman–Crippen LogP) is 4.62. The molecule has 2 nitrogen and oxygen atoms in total. The Morgan fingerprint density at radius 1 is 0.800 bits per heavy atom. The number of halogens is 2. The van der Waals surface area contributed by atoms with Gasteiger partial charge in [0.1, 0.15) is 0 Å². The number of carbonyl (C=O) groups is 2. The van der Waals surface area contributed by atoms with Crippen molar-refractivity contribution in [2.75, 3.05) is 0 Å². The van der Waals surface area contributed by atoms with Crippen LogP contribution in [-0.2, 0) is 0 Å². The Labute approximate surface area is 126 Å². The standard InChI is InChI=1S/C16H10Cl2O2/c17-15(19)13-9-6-11(7-10-13)5-8-12-3-1-2-4-14(12)16(18)20/h1-10H. The number of carbonyl (C=O) groups excluding carboxylic acids is 2. The molecular weight excluding hydrogens is 295 g/mol. The third-order valence-electron chi connectivity index (χ3n) is 2.77. The van der Waals surface area contributed by atoms with Gasteiger partial charge in [-0.25, -0.2) is 0 Å². The van der Waals surface area contributed by atoms with Gasteiger partial charge in [-0.2, -0.15) is 0 Å². The van der Waals surface area contributed by atoms with Crippen molar-refractivity contribution in [3.63, 3.8) is 0 Å². The second kappa shape index (κ2) is 6.51. The van der Waals surface area contributed by atoms with Crippen molar-refractivity contribution in [1.82, 2.24) is 0 Å². The molecule has 0 heterocycles. The molecule has 2 aromatic carbocycles. The van der Waals surface area contributed by atoms with Crippen molar-refractivity contribution in [2.45, 2.75) is 0 Å². The average molecular weight is 305 g/mol. The summed E-state index contributed by atoms with van der Waals surface area (Å²) >= 11 is 10.9. The molecular formula is C16H10Cl2O2. The van der Waals surface area contributed by atoms with Gasteiger partial charge in [0.25, 0.3) is 10.5 Å². The Morgan fingerprint density at radius 2 is 1.45 bits per heavy atom. The molecule has 0 aliphatic heterocycles.